The summed E-state index contributed by atoms with van der Waals surface area (Å²) in [7, 11) is 1.67. The van der Waals surface area contributed by atoms with Crippen LogP contribution in [-0.2, 0) is 9.59 Å². The number of nitrogens with zero attached hydrogens (tertiary/aromatic N) is 1. The molecule has 0 saturated carbocycles. The molecule has 0 unspecified atom stereocenters. The average molecular weight is 207 g/mol. The van der Waals surface area contributed by atoms with E-state index in [1.165, 1.54) is 0 Å². The number of carbonyl (C=O) groups is 2. The summed E-state index contributed by atoms with van der Waals surface area (Å²) >= 11 is 0. The summed E-state index contributed by atoms with van der Waals surface area (Å²) in [6.07, 6.45) is 8.60. The molecule has 1 N–H and O–H groups in total. The highest BCUT2D eigenvalue weighted by Gasteiger charge is 2.07. The number of aliphatic carboxylic acids is 1. The molecule has 1 aliphatic rings. The predicted molar refractivity (Wildman–Crippen MR) is 56.3 cm³/mol. The molecule has 0 fully saturated rings. The Kier molecular flexibility index (Phi) is 3.85. The normalized spacial score (nSPS) is 17.4. The lowest BCUT2D eigenvalue weighted by Crippen LogP contribution is -2.21. The van der Waals surface area contributed by atoms with E-state index in [0.717, 1.165) is 11.9 Å². The van der Waals surface area contributed by atoms with Gasteiger partial charge in [-0.3, -0.25) is 9.59 Å². The number of aldehydes is 1. The van der Waals surface area contributed by atoms with Crippen LogP contribution in [0.4, 0.5) is 0 Å². The van der Waals surface area contributed by atoms with Crippen molar-refractivity contribution in [1.82, 2.24) is 4.90 Å². The molecule has 0 saturated heterocycles. The van der Waals surface area contributed by atoms with Gasteiger partial charge in [-0.25, -0.2) is 0 Å². The lowest BCUT2D eigenvalue weighted by Gasteiger charge is -2.15. The van der Waals surface area contributed by atoms with E-state index in [1.807, 2.05) is 12.2 Å². The zero-order valence-electron chi connectivity index (χ0n) is 8.51. The van der Waals surface area contributed by atoms with Crippen LogP contribution in [0.3, 0.4) is 0 Å². The van der Waals surface area contributed by atoms with Crippen molar-refractivity contribution < 1.29 is 14.7 Å². The van der Waals surface area contributed by atoms with Crippen LogP contribution in [0.1, 0.15) is 6.42 Å². The molecule has 4 nitrogen and oxygen atoms in total. The first-order chi connectivity index (χ1) is 7.13. The quantitative estimate of drug-likeness (QED) is 0.698. The van der Waals surface area contributed by atoms with Crippen LogP contribution in [0.15, 0.2) is 35.6 Å². The summed E-state index contributed by atoms with van der Waals surface area (Å²) in [6, 6.07) is 0. The third-order valence-corrected chi connectivity index (χ3v) is 2.01. The topological polar surface area (TPSA) is 57.6 Å². The van der Waals surface area contributed by atoms with E-state index in [9.17, 15) is 9.59 Å². The second-order valence-corrected chi connectivity index (χ2v) is 3.34. The van der Waals surface area contributed by atoms with Crippen molar-refractivity contribution in [2.75, 3.05) is 13.6 Å². The Labute approximate surface area is 88.2 Å². The molecule has 0 atom stereocenters. The first-order valence-electron chi connectivity index (χ1n) is 4.58. The van der Waals surface area contributed by atoms with Crippen LogP contribution in [-0.4, -0.2) is 35.9 Å². The van der Waals surface area contributed by atoms with Gasteiger partial charge in [0.05, 0.1) is 0 Å². The van der Waals surface area contributed by atoms with Gasteiger partial charge in [-0.2, -0.15) is 0 Å². The monoisotopic (exact) mass is 207 g/mol. The summed E-state index contributed by atoms with van der Waals surface area (Å²) in [4.78, 5) is 22.7. The Balaban J connectivity index is 2.74. The van der Waals surface area contributed by atoms with Gasteiger partial charge in [0.1, 0.15) is 12.8 Å². The maximum absolute atomic E-state index is 10.7. The fraction of sp³-hybridized carbons (Fsp3) is 0.273. The van der Waals surface area contributed by atoms with Crippen LogP contribution in [0.25, 0.3) is 0 Å². The van der Waals surface area contributed by atoms with E-state index in [2.05, 4.69) is 0 Å². The largest absolute Gasteiger partial charge is 0.480 e. The van der Waals surface area contributed by atoms with Crippen molar-refractivity contribution in [2.24, 2.45) is 0 Å². The molecule has 0 bridgehead atoms. The van der Waals surface area contributed by atoms with Crippen molar-refractivity contribution in [3.8, 4) is 0 Å². The van der Waals surface area contributed by atoms with Crippen molar-refractivity contribution in [3.05, 3.63) is 35.6 Å². The van der Waals surface area contributed by atoms with Gasteiger partial charge in [-0.05, 0) is 12.0 Å². The number of carbonyl (C=O) groups excluding carboxylic acids is 1. The minimum atomic E-state index is -0.891. The molecule has 0 aromatic carbocycles. The Morgan fingerprint density at radius 2 is 2.40 bits per heavy atom. The Bertz CT molecular complexity index is 353. The van der Waals surface area contributed by atoms with Gasteiger partial charge in [0, 0.05) is 18.8 Å². The van der Waals surface area contributed by atoms with Gasteiger partial charge < -0.3 is 10.0 Å². The van der Waals surface area contributed by atoms with Gasteiger partial charge >= 0.3 is 5.97 Å². The highest BCUT2D eigenvalue weighted by atomic mass is 16.4. The first kappa shape index (κ1) is 11.2. The minimum Gasteiger partial charge on any atom is -0.480 e. The third kappa shape index (κ3) is 3.42. The maximum Gasteiger partial charge on any atom is 0.323 e. The Morgan fingerprint density at radius 3 is 3.00 bits per heavy atom. The second kappa shape index (κ2) is 5.14. The zero-order valence-corrected chi connectivity index (χ0v) is 8.51. The molecule has 4 heteroatoms. The molecule has 0 aliphatic heterocycles. The van der Waals surface area contributed by atoms with Crippen molar-refractivity contribution in [2.45, 2.75) is 6.42 Å². The molecule has 0 spiro atoms. The number of allylic oxidation sites excluding steroid dienone is 5. The predicted octanol–water partition coefficient (Wildman–Crippen LogP) is 0.972. The summed E-state index contributed by atoms with van der Waals surface area (Å²) in [6.45, 7) is -0.0701. The fourth-order valence-electron chi connectivity index (χ4n) is 1.36. The molecular weight excluding hydrogens is 194 g/mol. The number of hydrogen-bond acceptors (Lipinski definition) is 3. The van der Waals surface area contributed by atoms with Crippen LogP contribution in [0, 0.1) is 0 Å². The van der Waals surface area contributed by atoms with E-state index < -0.39 is 5.97 Å². The molecule has 0 aromatic heterocycles. The SMILES string of the molecule is CN(/C=C1/CC=CC=C1C=O)CC(=O)O. The number of carboxylic acid groups (broad SMARTS) is 1. The zero-order chi connectivity index (χ0) is 11.3. The molecule has 1 rings (SSSR count). The summed E-state index contributed by atoms with van der Waals surface area (Å²) < 4.78 is 0. The van der Waals surface area contributed by atoms with Crippen molar-refractivity contribution >= 4 is 12.3 Å². The lowest BCUT2D eigenvalue weighted by atomic mass is 10.0. The fourth-order valence-corrected chi connectivity index (χ4v) is 1.36. The first-order valence-corrected chi connectivity index (χ1v) is 4.58. The second-order valence-electron chi connectivity index (χ2n) is 3.34. The molecular formula is C11H13NO3. The summed E-state index contributed by atoms with van der Waals surface area (Å²) in [5, 5.41) is 8.57. The van der Waals surface area contributed by atoms with Crippen molar-refractivity contribution in [3.63, 3.8) is 0 Å². The van der Waals surface area contributed by atoms with Gasteiger partial charge in [-0.1, -0.05) is 18.2 Å². The number of likely N-dealkylation sites (N-methyl/N-ethyl adjacent to an activating group) is 1. The minimum absolute atomic E-state index is 0.0701. The van der Waals surface area contributed by atoms with Gasteiger partial charge in [-0.15, -0.1) is 0 Å². The standard InChI is InChI=1S/C11H13NO3/c1-12(7-11(14)15)6-9-4-2-3-5-10(9)8-13/h2-3,5-6,8H,4,7H2,1H3,(H,14,15)/b9-6-. The van der Waals surface area contributed by atoms with Crippen LogP contribution >= 0.6 is 0 Å². The van der Waals surface area contributed by atoms with E-state index in [1.54, 1.807) is 24.2 Å². The maximum atomic E-state index is 10.7. The molecule has 15 heavy (non-hydrogen) atoms. The Morgan fingerprint density at radius 1 is 1.67 bits per heavy atom. The van der Waals surface area contributed by atoms with E-state index in [0.29, 0.717) is 12.0 Å². The molecule has 0 aromatic rings. The van der Waals surface area contributed by atoms with Crippen LogP contribution in [0.2, 0.25) is 0 Å². The molecule has 0 radical (unpaired) electrons. The van der Waals surface area contributed by atoms with Crippen LogP contribution in [0.5, 0.6) is 0 Å². The molecule has 80 valence electrons. The number of rotatable bonds is 4. The van der Waals surface area contributed by atoms with Gasteiger partial charge in [0.2, 0.25) is 0 Å². The molecule has 1 aliphatic carbocycles. The average Bonchev–Trinajstić information content (AvgIpc) is 2.17. The Hall–Kier alpha value is -1.84. The van der Waals surface area contributed by atoms with Gasteiger partial charge in [0.15, 0.2) is 0 Å². The number of carboxylic acids is 1. The summed E-state index contributed by atoms with van der Waals surface area (Å²) in [5.41, 5.74) is 1.45. The van der Waals surface area contributed by atoms with Crippen molar-refractivity contribution in [1.29, 1.82) is 0 Å². The molecule has 0 heterocycles. The lowest BCUT2D eigenvalue weighted by molar-refractivity contribution is -0.137. The van der Waals surface area contributed by atoms with Crippen LogP contribution < -0.4 is 0 Å². The van der Waals surface area contributed by atoms with E-state index >= 15 is 0 Å². The number of hydrogen-bond donors (Lipinski definition) is 1. The third-order valence-electron chi connectivity index (χ3n) is 2.01. The van der Waals surface area contributed by atoms with E-state index in [4.69, 9.17) is 5.11 Å². The highest BCUT2D eigenvalue weighted by Crippen LogP contribution is 2.17. The smallest absolute Gasteiger partial charge is 0.323 e. The molecule has 0 amide bonds. The highest BCUT2D eigenvalue weighted by molar-refractivity contribution is 5.81. The summed E-state index contributed by atoms with van der Waals surface area (Å²) in [5.74, 6) is -0.891. The van der Waals surface area contributed by atoms with Gasteiger partial charge in [0.25, 0.3) is 0 Å². The van der Waals surface area contributed by atoms with E-state index in [-0.39, 0.29) is 6.54 Å².